The SMILES string of the molecule is C[C@H]1[C@@H](CO[Si](C)(C)C(C)(C)C)OC(=O)[C@@H]1O. The zero-order valence-corrected chi connectivity index (χ0v) is 12.6. The van der Waals surface area contributed by atoms with Crippen molar-refractivity contribution in [3.05, 3.63) is 0 Å². The summed E-state index contributed by atoms with van der Waals surface area (Å²) in [4.78, 5) is 11.2. The summed E-state index contributed by atoms with van der Waals surface area (Å²) >= 11 is 0. The van der Waals surface area contributed by atoms with E-state index in [1.807, 2.05) is 6.92 Å². The number of ether oxygens (including phenoxy) is 1. The maximum absolute atomic E-state index is 11.2. The summed E-state index contributed by atoms with van der Waals surface area (Å²) in [6.07, 6.45) is -1.31. The van der Waals surface area contributed by atoms with Gasteiger partial charge in [-0.25, -0.2) is 4.79 Å². The van der Waals surface area contributed by atoms with Crippen molar-refractivity contribution in [2.45, 2.75) is 58.0 Å². The molecule has 5 heteroatoms. The first-order valence-electron chi connectivity index (χ1n) is 6.09. The number of esters is 1. The monoisotopic (exact) mass is 260 g/mol. The quantitative estimate of drug-likeness (QED) is 0.622. The van der Waals surface area contributed by atoms with Gasteiger partial charge in [-0.2, -0.15) is 0 Å². The number of aliphatic hydroxyl groups is 1. The second-order valence-corrected chi connectivity index (χ2v) is 11.2. The van der Waals surface area contributed by atoms with Crippen molar-refractivity contribution in [1.82, 2.24) is 0 Å². The van der Waals surface area contributed by atoms with Gasteiger partial charge in [0.1, 0.15) is 6.10 Å². The zero-order chi connectivity index (χ0) is 13.4. The number of cyclic esters (lactones) is 1. The van der Waals surface area contributed by atoms with Gasteiger partial charge < -0.3 is 14.3 Å². The molecule has 1 heterocycles. The van der Waals surface area contributed by atoms with Gasteiger partial charge >= 0.3 is 5.97 Å². The highest BCUT2D eigenvalue weighted by molar-refractivity contribution is 6.74. The fraction of sp³-hybridized carbons (Fsp3) is 0.917. The molecule has 1 aliphatic heterocycles. The average Bonchev–Trinajstić information content (AvgIpc) is 2.41. The van der Waals surface area contributed by atoms with E-state index in [1.165, 1.54) is 0 Å². The van der Waals surface area contributed by atoms with Gasteiger partial charge in [-0.3, -0.25) is 0 Å². The Morgan fingerprint density at radius 1 is 1.41 bits per heavy atom. The molecule has 100 valence electrons. The van der Waals surface area contributed by atoms with Crippen LogP contribution in [0.2, 0.25) is 18.1 Å². The third kappa shape index (κ3) is 3.08. The summed E-state index contributed by atoms with van der Waals surface area (Å²) < 4.78 is 11.1. The molecule has 0 unspecified atom stereocenters. The molecule has 1 fully saturated rings. The predicted molar refractivity (Wildman–Crippen MR) is 68.2 cm³/mol. The summed E-state index contributed by atoms with van der Waals surface area (Å²) in [5.74, 6) is -0.714. The van der Waals surface area contributed by atoms with E-state index in [-0.39, 0.29) is 17.1 Å². The van der Waals surface area contributed by atoms with Crippen molar-refractivity contribution in [3.8, 4) is 0 Å². The van der Waals surface area contributed by atoms with Gasteiger partial charge in [0.05, 0.1) is 6.61 Å². The van der Waals surface area contributed by atoms with E-state index in [4.69, 9.17) is 9.16 Å². The number of rotatable bonds is 3. The van der Waals surface area contributed by atoms with Crippen LogP contribution in [0, 0.1) is 5.92 Å². The highest BCUT2D eigenvalue weighted by Gasteiger charge is 2.43. The van der Waals surface area contributed by atoms with E-state index in [0.717, 1.165) is 0 Å². The fourth-order valence-electron chi connectivity index (χ4n) is 1.44. The molecule has 0 saturated carbocycles. The largest absolute Gasteiger partial charge is 0.458 e. The Balaban J connectivity index is 2.55. The molecule has 0 spiro atoms. The maximum Gasteiger partial charge on any atom is 0.335 e. The van der Waals surface area contributed by atoms with Crippen LogP contribution in [0.4, 0.5) is 0 Å². The van der Waals surface area contributed by atoms with Crippen molar-refractivity contribution >= 4 is 14.3 Å². The standard InChI is InChI=1S/C12H24O4Si/c1-8-9(16-11(14)10(8)13)7-15-17(5,6)12(2,3)4/h8-10,13H,7H2,1-6H3/t8-,9+,10+/m0/s1. The third-order valence-electron chi connectivity index (χ3n) is 4.01. The molecule has 0 bridgehead atoms. The zero-order valence-electron chi connectivity index (χ0n) is 11.6. The maximum atomic E-state index is 11.2. The average molecular weight is 260 g/mol. The highest BCUT2D eigenvalue weighted by Crippen LogP contribution is 2.37. The molecular formula is C12H24O4Si. The van der Waals surface area contributed by atoms with Gasteiger partial charge in [0.2, 0.25) is 0 Å². The molecular weight excluding hydrogens is 236 g/mol. The second-order valence-electron chi connectivity index (χ2n) is 6.35. The van der Waals surface area contributed by atoms with E-state index in [0.29, 0.717) is 6.61 Å². The summed E-state index contributed by atoms with van der Waals surface area (Å²) in [6, 6.07) is 0. The van der Waals surface area contributed by atoms with Crippen molar-refractivity contribution in [2.75, 3.05) is 6.61 Å². The molecule has 3 atom stereocenters. The molecule has 0 radical (unpaired) electrons. The summed E-state index contributed by atoms with van der Waals surface area (Å²) in [5.41, 5.74) is 0. The fourth-order valence-corrected chi connectivity index (χ4v) is 2.45. The van der Waals surface area contributed by atoms with Crippen molar-refractivity contribution in [1.29, 1.82) is 0 Å². The molecule has 1 N–H and O–H groups in total. The van der Waals surface area contributed by atoms with E-state index >= 15 is 0 Å². The summed E-state index contributed by atoms with van der Waals surface area (Å²) in [6.45, 7) is 13.0. The van der Waals surface area contributed by atoms with Crippen LogP contribution in [-0.2, 0) is 14.0 Å². The molecule has 0 amide bonds. The van der Waals surface area contributed by atoms with Crippen molar-refractivity contribution in [2.24, 2.45) is 5.92 Å². The molecule has 1 saturated heterocycles. The topological polar surface area (TPSA) is 55.8 Å². The van der Waals surface area contributed by atoms with Crippen LogP contribution in [-0.4, -0.2) is 38.2 Å². The molecule has 0 aromatic carbocycles. The minimum Gasteiger partial charge on any atom is -0.458 e. The molecule has 1 aliphatic rings. The Bertz CT molecular complexity index is 295. The van der Waals surface area contributed by atoms with Gasteiger partial charge in [-0.1, -0.05) is 27.7 Å². The van der Waals surface area contributed by atoms with Gasteiger partial charge in [0, 0.05) is 5.92 Å². The van der Waals surface area contributed by atoms with Gasteiger partial charge in [0.25, 0.3) is 0 Å². The van der Waals surface area contributed by atoms with E-state index in [2.05, 4.69) is 33.9 Å². The highest BCUT2D eigenvalue weighted by atomic mass is 28.4. The number of carbonyl (C=O) groups excluding carboxylic acids is 1. The Morgan fingerprint density at radius 2 is 1.94 bits per heavy atom. The Hall–Kier alpha value is -0.393. The minimum absolute atomic E-state index is 0.136. The van der Waals surface area contributed by atoms with E-state index in [9.17, 15) is 9.90 Å². The van der Waals surface area contributed by atoms with Crippen molar-refractivity contribution < 1.29 is 19.1 Å². The lowest BCUT2D eigenvalue weighted by molar-refractivity contribution is -0.148. The summed E-state index contributed by atoms with van der Waals surface area (Å²) in [7, 11) is -1.82. The second kappa shape index (κ2) is 4.70. The van der Waals surface area contributed by atoms with Crippen LogP contribution in [0.25, 0.3) is 0 Å². The molecule has 17 heavy (non-hydrogen) atoms. The molecule has 4 nitrogen and oxygen atoms in total. The summed E-state index contributed by atoms with van der Waals surface area (Å²) in [5, 5.41) is 9.64. The smallest absolute Gasteiger partial charge is 0.335 e. The Morgan fingerprint density at radius 3 is 2.29 bits per heavy atom. The first-order valence-corrected chi connectivity index (χ1v) is 8.99. The van der Waals surface area contributed by atoms with Crippen LogP contribution in [0.3, 0.4) is 0 Å². The van der Waals surface area contributed by atoms with Crippen LogP contribution in [0.1, 0.15) is 27.7 Å². The van der Waals surface area contributed by atoms with Gasteiger partial charge in [-0.15, -0.1) is 0 Å². The van der Waals surface area contributed by atoms with Crippen molar-refractivity contribution in [3.63, 3.8) is 0 Å². The van der Waals surface area contributed by atoms with Crippen LogP contribution >= 0.6 is 0 Å². The van der Waals surface area contributed by atoms with E-state index in [1.54, 1.807) is 0 Å². The number of carbonyl (C=O) groups is 1. The lowest BCUT2D eigenvalue weighted by Gasteiger charge is -2.37. The van der Waals surface area contributed by atoms with Gasteiger partial charge in [-0.05, 0) is 18.1 Å². The van der Waals surface area contributed by atoms with E-state index < -0.39 is 20.4 Å². The number of hydrogen-bond donors (Lipinski definition) is 1. The third-order valence-corrected chi connectivity index (χ3v) is 8.51. The first kappa shape index (κ1) is 14.7. The van der Waals surface area contributed by atoms with Crippen LogP contribution < -0.4 is 0 Å². The van der Waals surface area contributed by atoms with Gasteiger partial charge in [0.15, 0.2) is 14.4 Å². The van der Waals surface area contributed by atoms with Crippen LogP contribution in [0.15, 0.2) is 0 Å². The number of hydrogen-bond acceptors (Lipinski definition) is 4. The lowest BCUT2D eigenvalue weighted by atomic mass is 10.0. The molecule has 0 aromatic heterocycles. The Kier molecular flexibility index (Phi) is 4.06. The lowest BCUT2D eigenvalue weighted by Crippen LogP contribution is -2.43. The molecule has 1 rings (SSSR count). The Labute approximate surface area is 104 Å². The molecule has 0 aromatic rings. The predicted octanol–water partition coefficient (Wildman–Crippen LogP) is 1.93. The van der Waals surface area contributed by atoms with Crippen LogP contribution in [0.5, 0.6) is 0 Å². The number of aliphatic hydroxyl groups excluding tert-OH is 1. The first-order chi connectivity index (χ1) is 7.56. The normalized spacial score (nSPS) is 30.5. The minimum atomic E-state index is -1.82. The molecule has 0 aliphatic carbocycles.